The number of Topliss-reactive ketones (excluding diaryl/α,β-unsaturated/α-hetero) is 2. The van der Waals surface area contributed by atoms with Gasteiger partial charge in [-0.15, -0.1) is 23.1 Å². The third-order valence-electron chi connectivity index (χ3n) is 21.2. The summed E-state index contributed by atoms with van der Waals surface area (Å²) in [5, 5.41) is 37.5. The predicted octanol–water partition coefficient (Wildman–Crippen LogP) is 11.5. The molecule has 83 heavy (non-hydrogen) atoms. The summed E-state index contributed by atoms with van der Waals surface area (Å²) in [6.07, 6.45) is 17.4. The van der Waals surface area contributed by atoms with E-state index >= 15 is 0 Å². The highest BCUT2D eigenvalue weighted by Crippen LogP contribution is 2.68. The van der Waals surface area contributed by atoms with E-state index in [4.69, 9.17) is 4.74 Å². The number of nitrogens with one attached hydrogen (secondary N) is 2. The van der Waals surface area contributed by atoms with Crippen molar-refractivity contribution in [3.05, 3.63) is 45.5 Å². The van der Waals surface area contributed by atoms with Gasteiger partial charge in [-0.1, -0.05) is 41.0 Å². The van der Waals surface area contributed by atoms with Crippen molar-refractivity contribution in [3.8, 4) is 5.75 Å². The van der Waals surface area contributed by atoms with E-state index in [-0.39, 0.29) is 23.6 Å². The van der Waals surface area contributed by atoms with Crippen LogP contribution in [0.15, 0.2) is 45.5 Å². The molecule has 2 heterocycles. The number of hydrogen-bond donors (Lipinski definition) is 5. The Morgan fingerprint density at radius 1 is 0.831 bits per heavy atom. The van der Waals surface area contributed by atoms with Gasteiger partial charge in [-0.05, 0) is 214 Å². The fraction of sp³-hybridized carbons (Fsp3) is 0.723. The number of aliphatic hydroxyl groups is 1. The molecule has 6 aliphatic rings. The van der Waals surface area contributed by atoms with E-state index in [1.165, 1.54) is 68.0 Å². The molecule has 16 nitrogen and oxygen atoms in total. The minimum Gasteiger partial charge on any atom is -0.480 e. The maximum absolute atomic E-state index is 14.0. The molecule has 0 radical (unpaired) electrons. The van der Waals surface area contributed by atoms with Crippen LogP contribution in [0.25, 0.3) is 10.2 Å². The van der Waals surface area contributed by atoms with Crippen LogP contribution < -0.4 is 15.4 Å². The normalized spacial score (nSPS) is 28.0. The number of allylic oxidation sites excluding steroid dienone is 4. The van der Waals surface area contributed by atoms with Crippen LogP contribution in [0.1, 0.15) is 182 Å². The molecule has 2 aromatic rings. The van der Waals surface area contributed by atoms with Crippen molar-refractivity contribution in [3.63, 3.8) is 0 Å². The van der Waals surface area contributed by atoms with Gasteiger partial charge in [0.15, 0.2) is 17.6 Å². The second-order valence-electron chi connectivity index (χ2n) is 26.9. The highest BCUT2D eigenvalue weighted by Gasteiger charge is 2.60. The molecule has 1 aromatic carbocycles. The van der Waals surface area contributed by atoms with Gasteiger partial charge < -0.3 is 40.5 Å². The molecule has 458 valence electrons. The van der Waals surface area contributed by atoms with Crippen molar-refractivity contribution in [2.45, 2.75) is 196 Å². The molecule has 1 aliphatic heterocycles. The molecule has 1 aromatic heterocycles. The lowest BCUT2D eigenvalue weighted by Crippen LogP contribution is -2.54. The number of nitrogens with zero attached hydrogens (tertiary/aromatic N) is 4. The Balaban J connectivity index is 0.747. The number of carboxylic acids is 2. The molecule has 2 unspecified atom stereocenters. The van der Waals surface area contributed by atoms with E-state index in [2.05, 4.69) is 46.3 Å². The second kappa shape index (κ2) is 27.9. The zero-order valence-electron chi connectivity index (χ0n) is 51.1. The number of benzene rings is 1. The van der Waals surface area contributed by atoms with E-state index in [9.17, 15) is 44.1 Å². The summed E-state index contributed by atoms with van der Waals surface area (Å²) in [7, 11) is 1.97. The number of unbranched alkanes of at least 4 members (excludes halogenated alkanes) is 3. The van der Waals surface area contributed by atoms with Crippen molar-refractivity contribution in [2.75, 3.05) is 52.1 Å². The summed E-state index contributed by atoms with van der Waals surface area (Å²) >= 11 is 2.72. The van der Waals surface area contributed by atoms with E-state index < -0.39 is 35.5 Å². The molecule has 8 rings (SSSR count). The third kappa shape index (κ3) is 15.0. The number of aliphatic carboxylic acids is 2. The third-order valence-corrected chi connectivity index (χ3v) is 23.4. The Hall–Kier alpha value is -4.49. The molecule has 4 fully saturated rings. The van der Waals surface area contributed by atoms with Gasteiger partial charge in [-0.25, -0.2) is 14.6 Å². The summed E-state index contributed by atoms with van der Waals surface area (Å²) in [6, 6.07) is 3.80. The topological polar surface area (TPSA) is 228 Å². The van der Waals surface area contributed by atoms with Gasteiger partial charge in [-0.3, -0.25) is 24.2 Å². The summed E-state index contributed by atoms with van der Waals surface area (Å²) in [5.41, 5.74) is 2.96. The number of aliphatic imine (C=N–C) groups is 1. The van der Waals surface area contributed by atoms with Crippen molar-refractivity contribution < 1.29 is 48.8 Å². The zero-order valence-corrected chi connectivity index (χ0v) is 52.8. The number of carbonyl (C=O) groups excluding carboxylic acids is 4. The van der Waals surface area contributed by atoms with Crippen molar-refractivity contribution >= 4 is 73.9 Å². The number of fused-ring (bicyclic) bond motifs is 6. The molecule has 4 saturated carbocycles. The molecular formula is C65H96N6O10S2. The summed E-state index contributed by atoms with van der Waals surface area (Å²) in [4.78, 5) is 89.9. The van der Waals surface area contributed by atoms with Gasteiger partial charge in [-0.2, -0.15) is 0 Å². The van der Waals surface area contributed by atoms with Crippen LogP contribution in [0.2, 0.25) is 0 Å². The number of thiazole rings is 1. The summed E-state index contributed by atoms with van der Waals surface area (Å²) < 4.78 is 6.75. The number of aliphatic hydroxyl groups excluding tert-OH is 1. The molecular weight excluding hydrogens is 1090 g/mol. The van der Waals surface area contributed by atoms with E-state index in [1.807, 2.05) is 20.9 Å². The summed E-state index contributed by atoms with van der Waals surface area (Å²) in [6.45, 7) is 19.8. The number of carboxylic acid groups (broad SMARTS) is 2. The Bertz CT molecular complexity index is 2810. The fourth-order valence-electron chi connectivity index (χ4n) is 16.0. The van der Waals surface area contributed by atoms with Gasteiger partial charge in [0.25, 0.3) is 0 Å². The van der Waals surface area contributed by atoms with Crippen LogP contribution in [-0.4, -0.2) is 141 Å². The van der Waals surface area contributed by atoms with Crippen LogP contribution >= 0.6 is 23.1 Å². The maximum Gasteiger partial charge on any atom is 0.415 e. The van der Waals surface area contributed by atoms with Gasteiger partial charge in [0.05, 0.1) is 16.3 Å². The molecule has 5 N–H and O–H groups in total. The number of ether oxygens (including phenoxy) is 1. The fourth-order valence-corrected chi connectivity index (χ4v) is 18.1. The van der Waals surface area contributed by atoms with Crippen LogP contribution in [-0.2, 0) is 24.0 Å². The SMILES string of the molecule is CC1=C(C)C(=O)C(C(C)(C)CCN(C)CCN(CCCCCC(=O)NCCCCC(NCCC[C@@H](C)[C@H]2CC[C@H]3[C@@H]4CC[C@@H]5C[C@H](O)CC[C@]5(C)[C@H]4CC[C@]23C)C(=O)O)C(=O)Oc2ccc3nc(C4=NC(C(=O)O)CS4)sc3c2)=C(C)C1=O. The molecule has 5 aliphatic carbocycles. The maximum atomic E-state index is 14.0. The Morgan fingerprint density at radius 3 is 2.33 bits per heavy atom. The first-order valence-electron chi connectivity index (χ1n) is 31.3. The average molecular weight is 1190 g/mol. The first-order valence-corrected chi connectivity index (χ1v) is 33.1. The lowest BCUT2D eigenvalue weighted by Gasteiger charge is -2.61. The van der Waals surface area contributed by atoms with E-state index in [1.54, 1.807) is 43.9 Å². The number of carbonyl (C=O) groups is 6. The van der Waals surface area contributed by atoms with Gasteiger partial charge >= 0.3 is 18.0 Å². The monoisotopic (exact) mass is 1180 g/mol. The van der Waals surface area contributed by atoms with Crippen LogP contribution in [0.3, 0.4) is 0 Å². The van der Waals surface area contributed by atoms with Gasteiger partial charge in [0.2, 0.25) is 5.91 Å². The zero-order chi connectivity index (χ0) is 60.0. The standard InChI is InChI=1S/C65H96N6O10S2/c1-39(47-22-23-48-46-21-19-43-36-44(72)25-27-64(43,7)49(46)26-28-65(47,48)8)16-15-31-66-51(60(76)77)17-12-13-30-67-54(73)18-11-10-14-32-71(35-34-70(9)33-29-63(5,6)55-42(4)56(74)40(2)41(3)57(55)75)62(80)81-45-20-24-50-53(37-45)83-59(68-50)58-69-52(38-82-58)61(78)79/h20,24,37,39,43-44,46-49,51-52,66,72H,10-19,21-23,25-36,38H2,1-9H3,(H,67,73)(H,76,77)(H,78,79)/t39-,43-,44-,46+,47-,48+,49+,51?,52?,64+,65-/m1/s1. The number of amides is 2. The Labute approximate surface area is 501 Å². The number of likely N-dealkylation sites (N-methyl/N-ethyl adjacent to an activating group) is 1. The Kier molecular flexibility index (Phi) is 21.7. The minimum atomic E-state index is -0.972. The van der Waals surface area contributed by atoms with Crippen molar-refractivity contribution in [1.82, 2.24) is 25.4 Å². The minimum absolute atomic E-state index is 0.0524. The smallest absolute Gasteiger partial charge is 0.415 e. The lowest BCUT2D eigenvalue weighted by atomic mass is 9.44. The lowest BCUT2D eigenvalue weighted by molar-refractivity contribution is -0.140. The predicted molar refractivity (Wildman–Crippen MR) is 329 cm³/mol. The largest absolute Gasteiger partial charge is 0.480 e. The Morgan fingerprint density at radius 2 is 1.58 bits per heavy atom. The van der Waals surface area contributed by atoms with Crippen molar-refractivity contribution in [1.29, 1.82) is 0 Å². The average Bonchev–Trinajstić information content (AvgIpc) is 2.15. The summed E-state index contributed by atoms with van der Waals surface area (Å²) in [5.74, 6) is 3.12. The second-order valence-corrected chi connectivity index (χ2v) is 28.9. The first-order chi connectivity index (χ1) is 39.4. The van der Waals surface area contributed by atoms with Gasteiger partial charge in [0.1, 0.15) is 21.8 Å². The number of rotatable bonds is 28. The molecule has 0 saturated heterocycles. The molecule has 2 amide bonds. The molecule has 18 heteroatoms. The van der Waals surface area contributed by atoms with E-state index in [0.29, 0.717) is 163 Å². The number of thioether (sulfide) groups is 1. The number of hydrogen-bond acceptors (Lipinski definition) is 14. The van der Waals surface area contributed by atoms with Crippen LogP contribution in [0.4, 0.5) is 4.79 Å². The highest BCUT2D eigenvalue weighted by atomic mass is 32.2. The number of aromatic nitrogens is 1. The highest BCUT2D eigenvalue weighted by molar-refractivity contribution is 8.15. The number of ketones is 2. The van der Waals surface area contributed by atoms with Gasteiger partial charge in [0, 0.05) is 66.7 Å². The van der Waals surface area contributed by atoms with Crippen LogP contribution in [0, 0.1) is 51.8 Å². The van der Waals surface area contributed by atoms with Crippen LogP contribution in [0.5, 0.6) is 5.75 Å². The molecule has 11 atom stereocenters. The molecule has 0 bridgehead atoms. The van der Waals surface area contributed by atoms with E-state index in [0.717, 1.165) is 54.1 Å². The first kappa shape index (κ1) is 64.5. The molecule has 0 spiro atoms. The van der Waals surface area contributed by atoms with Crippen molar-refractivity contribution in [2.24, 2.45) is 56.7 Å². The quantitative estimate of drug-likeness (QED) is 0.0395.